The monoisotopic (exact) mass is 494 g/mol. The van der Waals surface area contributed by atoms with E-state index in [9.17, 15) is 29.7 Å². The molecule has 3 aromatic carbocycles. The van der Waals surface area contributed by atoms with Crippen LogP contribution in [0.2, 0.25) is 0 Å². The minimum atomic E-state index is -0.484. The van der Waals surface area contributed by atoms with Crippen molar-refractivity contribution < 1.29 is 43.9 Å². The smallest absolute Gasteiger partial charge is 0.169 e. The Labute approximate surface area is 207 Å². The van der Waals surface area contributed by atoms with E-state index in [4.69, 9.17) is 14.2 Å². The summed E-state index contributed by atoms with van der Waals surface area (Å²) in [6.07, 6.45) is 0. The van der Waals surface area contributed by atoms with Crippen molar-refractivity contribution in [1.29, 1.82) is 0 Å². The summed E-state index contributed by atoms with van der Waals surface area (Å²) in [7, 11) is 3.87. The van der Waals surface area contributed by atoms with Crippen molar-refractivity contribution in [2.45, 2.75) is 20.8 Å². The third-order valence-corrected chi connectivity index (χ3v) is 5.80. The minimum Gasteiger partial charge on any atom is -0.504 e. The zero-order valence-corrected chi connectivity index (χ0v) is 20.7. The van der Waals surface area contributed by atoms with Gasteiger partial charge in [-0.05, 0) is 51.1 Å². The zero-order valence-electron chi connectivity index (χ0n) is 20.7. The Morgan fingerprint density at radius 2 is 1.03 bits per heavy atom. The van der Waals surface area contributed by atoms with Gasteiger partial charge in [-0.2, -0.15) is 0 Å². The fraction of sp³-hybridized carbons (Fsp3) is 0.222. The Morgan fingerprint density at radius 1 is 0.583 bits per heavy atom. The van der Waals surface area contributed by atoms with Gasteiger partial charge in [0.2, 0.25) is 0 Å². The van der Waals surface area contributed by atoms with Crippen LogP contribution in [0.4, 0.5) is 0 Å². The molecule has 0 aliphatic heterocycles. The second-order valence-electron chi connectivity index (χ2n) is 8.05. The van der Waals surface area contributed by atoms with Gasteiger partial charge in [-0.1, -0.05) is 0 Å². The lowest BCUT2D eigenvalue weighted by molar-refractivity contribution is 0.100. The predicted molar refractivity (Wildman–Crippen MR) is 132 cm³/mol. The van der Waals surface area contributed by atoms with Gasteiger partial charge in [0.15, 0.2) is 51.8 Å². The third-order valence-electron chi connectivity index (χ3n) is 5.80. The van der Waals surface area contributed by atoms with E-state index >= 15 is 0 Å². The summed E-state index contributed by atoms with van der Waals surface area (Å²) in [6, 6.07) is 6.73. The Kier molecular flexibility index (Phi) is 7.24. The van der Waals surface area contributed by atoms with Gasteiger partial charge in [-0.3, -0.25) is 14.4 Å². The van der Waals surface area contributed by atoms with Crippen LogP contribution in [0.15, 0.2) is 30.3 Å². The molecule has 0 saturated heterocycles. The van der Waals surface area contributed by atoms with Gasteiger partial charge < -0.3 is 29.5 Å². The highest BCUT2D eigenvalue weighted by Gasteiger charge is 2.28. The van der Waals surface area contributed by atoms with Crippen molar-refractivity contribution in [3.63, 3.8) is 0 Å². The van der Waals surface area contributed by atoms with Crippen LogP contribution >= 0.6 is 0 Å². The lowest BCUT2D eigenvalue weighted by Gasteiger charge is -2.20. The van der Waals surface area contributed by atoms with Crippen LogP contribution in [-0.2, 0) is 0 Å². The Hall–Kier alpha value is -4.53. The quantitative estimate of drug-likeness (QED) is 0.378. The molecule has 0 radical (unpaired) electrons. The average molecular weight is 494 g/mol. The van der Waals surface area contributed by atoms with E-state index in [1.807, 2.05) is 0 Å². The molecule has 0 amide bonds. The van der Waals surface area contributed by atoms with Gasteiger partial charge in [0.25, 0.3) is 0 Å². The van der Waals surface area contributed by atoms with Crippen LogP contribution < -0.4 is 14.2 Å². The molecule has 36 heavy (non-hydrogen) atoms. The largest absolute Gasteiger partial charge is 0.504 e. The molecule has 9 nitrogen and oxygen atoms in total. The number of hydrogen-bond acceptors (Lipinski definition) is 9. The molecule has 3 rings (SSSR count). The number of aromatic hydroxyl groups is 3. The molecule has 0 aliphatic carbocycles. The van der Waals surface area contributed by atoms with Crippen LogP contribution in [0.3, 0.4) is 0 Å². The Morgan fingerprint density at radius 3 is 1.44 bits per heavy atom. The molecular weight excluding hydrogens is 468 g/mol. The number of hydrogen-bond donors (Lipinski definition) is 3. The molecule has 3 N–H and O–H groups in total. The Balaban J connectivity index is 2.50. The molecule has 0 unspecified atom stereocenters. The van der Waals surface area contributed by atoms with Gasteiger partial charge in [0.05, 0.1) is 21.3 Å². The number of phenols is 3. The Bertz CT molecular complexity index is 1400. The summed E-state index contributed by atoms with van der Waals surface area (Å²) in [4.78, 5) is 37.0. The molecule has 0 aromatic heterocycles. The highest BCUT2D eigenvalue weighted by molar-refractivity contribution is 6.08. The van der Waals surface area contributed by atoms with Gasteiger partial charge in [-0.25, -0.2) is 0 Å². The molecule has 0 atom stereocenters. The molecule has 9 heteroatoms. The SMILES string of the molecule is COc1cc(C(C)=O)cc(-c2cc(C(C)=O)c(-c3cc(C(C)=O)cc(OC)c3O)c(OC)c2O)c1O. The normalized spacial score (nSPS) is 10.6. The number of carbonyl (C=O) groups is 3. The van der Waals surface area contributed by atoms with Gasteiger partial charge in [0, 0.05) is 38.9 Å². The van der Waals surface area contributed by atoms with E-state index in [0.29, 0.717) is 0 Å². The second-order valence-corrected chi connectivity index (χ2v) is 8.05. The van der Waals surface area contributed by atoms with Crippen molar-refractivity contribution >= 4 is 17.3 Å². The number of phenolic OH excluding ortho intramolecular Hbond substituents is 3. The number of benzene rings is 3. The summed E-state index contributed by atoms with van der Waals surface area (Å²) in [5.74, 6) is -2.58. The average Bonchev–Trinajstić information content (AvgIpc) is 2.83. The van der Waals surface area contributed by atoms with E-state index in [1.165, 1.54) is 72.4 Å². The topological polar surface area (TPSA) is 140 Å². The van der Waals surface area contributed by atoms with Crippen molar-refractivity contribution in [3.05, 3.63) is 47.0 Å². The molecule has 0 bridgehead atoms. The molecule has 0 saturated carbocycles. The van der Waals surface area contributed by atoms with Crippen LogP contribution in [0.5, 0.6) is 34.5 Å². The number of methoxy groups -OCH3 is 3. The van der Waals surface area contributed by atoms with Crippen LogP contribution in [0, 0.1) is 0 Å². The molecule has 0 fully saturated rings. The maximum Gasteiger partial charge on any atom is 0.169 e. The lowest BCUT2D eigenvalue weighted by atomic mass is 9.88. The summed E-state index contributed by atoms with van der Waals surface area (Å²) in [5, 5.41) is 32.9. The van der Waals surface area contributed by atoms with E-state index in [0.717, 1.165) is 0 Å². The number of carbonyl (C=O) groups excluding carboxylic acids is 3. The number of rotatable bonds is 8. The molecule has 188 valence electrons. The first-order valence-electron chi connectivity index (χ1n) is 10.8. The number of ketones is 3. The van der Waals surface area contributed by atoms with Crippen LogP contribution in [0.25, 0.3) is 22.3 Å². The minimum absolute atomic E-state index is 0.00398. The van der Waals surface area contributed by atoms with Crippen LogP contribution in [0.1, 0.15) is 51.8 Å². The van der Waals surface area contributed by atoms with E-state index < -0.39 is 11.5 Å². The van der Waals surface area contributed by atoms with Crippen LogP contribution in [-0.4, -0.2) is 54.0 Å². The first kappa shape index (κ1) is 26.1. The zero-order chi connectivity index (χ0) is 26.9. The van der Waals surface area contributed by atoms with Gasteiger partial charge >= 0.3 is 0 Å². The lowest BCUT2D eigenvalue weighted by Crippen LogP contribution is -2.04. The van der Waals surface area contributed by atoms with Crippen molar-refractivity contribution in [1.82, 2.24) is 0 Å². The number of ether oxygens (including phenoxy) is 3. The predicted octanol–water partition coefficient (Wildman–Crippen LogP) is 4.77. The molecule has 0 heterocycles. The van der Waals surface area contributed by atoms with E-state index in [1.54, 1.807) is 0 Å². The third kappa shape index (κ3) is 4.43. The standard InChI is InChI=1S/C27H26O9/c1-12(28)15-7-18(24(31)21(9-15)34-4)19-11-17(14(3)30)23(27(36-6)26(19)33)20-8-16(13(2)29)10-22(35-5)25(20)32/h7-11,31-33H,1-6H3. The fourth-order valence-corrected chi connectivity index (χ4v) is 3.93. The van der Waals surface area contributed by atoms with Gasteiger partial charge in [-0.15, -0.1) is 0 Å². The first-order valence-corrected chi connectivity index (χ1v) is 10.8. The second kappa shape index (κ2) is 9.99. The maximum absolute atomic E-state index is 12.8. The summed E-state index contributed by atoms with van der Waals surface area (Å²) >= 11 is 0. The summed E-state index contributed by atoms with van der Waals surface area (Å²) in [6.45, 7) is 3.93. The van der Waals surface area contributed by atoms with Crippen molar-refractivity contribution in [2.24, 2.45) is 0 Å². The maximum atomic E-state index is 12.8. The van der Waals surface area contributed by atoms with E-state index in [-0.39, 0.29) is 79.3 Å². The van der Waals surface area contributed by atoms with Crippen molar-refractivity contribution in [3.8, 4) is 56.8 Å². The molecule has 0 spiro atoms. The molecular formula is C27H26O9. The molecule has 0 aliphatic rings. The summed E-state index contributed by atoms with van der Waals surface area (Å²) < 4.78 is 15.9. The van der Waals surface area contributed by atoms with E-state index in [2.05, 4.69) is 0 Å². The summed E-state index contributed by atoms with van der Waals surface area (Å²) in [5.41, 5.74) is 0.420. The first-order chi connectivity index (χ1) is 17.0. The number of Topliss-reactive ketones (excluding diaryl/α,β-unsaturated/α-hetero) is 3. The van der Waals surface area contributed by atoms with Crippen molar-refractivity contribution in [2.75, 3.05) is 21.3 Å². The fourth-order valence-electron chi connectivity index (χ4n) is 3.93. The molecule has 3 aromatic rings. The van der Waals surface area contributed by atoms with Gasteiger partial charge in [0.1, 0.15) is 0 Å². The highest BCUT2D eigenvalue weighted by atomic mass is 16.5. The highest BCUT2D eigenvalue weighted by Crippen LogP contribution is 2.52.